The minimum absolute atomic E-state index is 0.133. The van der Waals surface area contributed by atoms with Crippen LogP contribution in [0.15, 0.2) is 72.8 Å². The zero-order valence-electron chi connectivity index (χ0n) is 17.8. The number of carbonyl (C=O) groups is 2. The summed E-state index contributed by atoms with van der Waals surface area (Å²) in [6.07, 6.45) is 0. The van der Waals surface area contributed by atoms with E-state index in [1.54, 1.807) is 12.0 Å². The van der Waals surface area contributed by atoms with Crippen LogP contribution in [0.5, 0.6) is 5.75 Å². The van der Waals surface area contributed by atoms with E-state index in [9.17, 15) is 9.59 Å². The summed E-state index contributed by atoms with van der Waals surface area (Å²) in [7, 11) is 2.97. The molecule has 0 unspecified atom stereocenters. The molecule has 1 amide bonds. The Morgan fingerprint density at radius 1 is 1.00 bits per heavy atom. The maximum absolute atomic E-state index is 13.3. The molecule has 0 aliphatic carbocycles. The number of benzene rings is 3. The van der Waals surface area contributed by atoms with Crippen LogP contribution in [0, 0.1) is 0 Å². The Morgan fingerprint density at radius 3 is 2.59 bits per heavy atom. The molecule has 3 aromatic carbocycles. The van der Waals surface area contributed by atoms with Crippen molar-refractivity contribution in [1.29, 1.82) is 0 Å². The third-order valence-electron chi connectivity index (χ3n) is 5.96. The fourth-order valence-corrected chi connectivity index (χ4v) is 4.50. The maximum Gasteiger partial charge on any atom is 0.325 e. The lowest BCUT2D eigenvalue weighted by Crippen LogP contribution is -2.34. The summed E-state index contributed by atoms with van der Waals surface area (Å²) in [5.41, 5.74) is 5.18. The van der Waals surface area contributed by atoms with E-state index in [0.29, 0.717) is 5.56 Å². The maximum atomic E-state index is 13.3. The van der Waals surface area contributed by atoms with Gasteiger partial charge in [0, 0.05) is 27.6 Å². The van der Waals surface area contributed by atoms with Gasteiger partial charge in [-0.15, -0.1) is 0 Å². The normalized spacial score (nSPS) is 15.1. The monoisotopic (exact) mass is 426 g/mol. The second kappa shape index (κ2) is 7.89. The number of hydrogen-bond donors (Lipinski definition) is 1. The molecule has 4 aromatic rings. The number of fused-ring (bicyclic) bond motifs is 2. The van der Waals surface area contributed by atoms with Crippen LogP contribution in [0.3, 0.4) is 0 Å². The quantitative estimate of drug-likeness (QED) is 0.475. The van der Waals surface area contributed by atoms with E-state index >= 15 is 0 Å². The number of aromatic nitrogens is 1. The molecule has 6 nitrogen and oxygen atoms in total. The van der Waals surface area contributed by atoms with E-state index in [1.807, 2.05) is 72.8 Å². The van der Waals surface area contributed by atoms with Crippen molar-refractivity contribution in [3.8, 4) is 17.0 Å². The van der Waals surface area contributed by atoms with E-state index in [-0.39, 0.29) is 12.5 Å². The average Bonchev–Trinajstić information content (AvgIpc) is 3.34. The van der Waals surface area contributed by atoms with Crippen molar-refractivity contribution in [2.45, 2.75) is 6.04 Å². The van der Waals surface area contributed by atoms with Crippen LogP contribution in [0.2, 0.25) is 0 Å². The highest BCUT2D eigenvalue weighted by Gasteiger charge is 2.41. The number of hydrogen-bond acceptors (Lipinski definition) is 4. The van der Waals surface area contributed by atoms with Crippen LogP contribution < -0.4 is 4.74 Å². The molecule has 6 heteroatoms. The van der Waals surface area contributed by atoms with Crippen molar-refractivity contribution in [1.82, 2.24) is 9.88 Å². The number of carbonyl (C=O) groups excluding carboxylic acids is 2. The molecule has 0 saturated heterocycles. The van der Waals surface area contributed by atoms with Gasteiger partial charge in [-0.25, -0.2) is 0 Å². The van der Waals surface area contributed by atoms with E-state index in [1.165, 1.54) is 7.11 Å². The molecule has 2 heterocycles. The summed E-state index contributed by atoms with van der Waals surface area (Å²) in [5.74, 6) is 0.0956. The van der Waals surface area contributed by atoms with E-state index in [0.717, 1.165) is 39.0 Å². The molecule has 1 atom stereocenters. The fourth-order valence-electron chi connectivity index (χ4n) is 4.50. The molecule has 32 heavy (non-hydrogen) atoms. The van der Waals surface area contributed by atoms with Gasteiger partial charge in [-0.1, -0.05) is 48.5 Å². The molecule has 0 fully saturated rings. The van der Waals surface area contributed by atoms with Gasteiger partial charge in [0.1, 0.15) is 12.3 Å². The van der Waals surface area contributed by atoms with Crippen LogP contribution in [-0.2, 0) is 9.53 Å². The lowest BCUT2D eigenvalue weighted by molar-refractivity contribution is -0.141. The van der Waals surface area contributed by atoms with Crippen LogP contribution in [0.1, 0.15) is 27.5 Å². The Bertz CT molecular complexity index is 1340. The molecule has 1 N–H and O–H groups in total. The Balaban J connectivity index is 1.78. The van der Waals surface area contributed by atoms with Crippen molar-refractivity contribution in [2.75, 3.05) is 20.8 Å². The second-order valence-electron chi connectivity index (χ2n) is 7.69. The Kier molecular flexibility index (Phi) is 4.90. The number of para-hydroxylation sites is 1. The Morgan fingerprint density at radius 2 is 1.78 bits per heavy atom. The van der Waals surface area contributed by atoms with Crippen molar-refractivity contribution < 1.29 is 19.1 Å². The number of nitrogens with one attached hydrogen (secondary N) is 1. The first-order valence-electron chi connectivity index (χ1n) is 10.3. The summed E-state index contributed by atoms with van der Waals surface area (Å²) >= 11 is 0. The predicted octanol–water partition coefficient (Wildman–Crippen LogP) is 4.56. The zero-order valence-corrected chi connectivity index (χ0v) is 17.8. The molecule has 5 rings (SSSR count). The number of ether oxygens (including phenoxy) is 2. The average molecular weight is 426 g/mol. The highest BCUT2D eigenvalue weighted by Crippen LogP contribution is 2.45. The smallest absolute Gasteiger partial charge is 0.325 e. The first kappa shape index (κ1) is 19.9. The molecular weight excluding hydrogens is 404 g/mol. The standard InChI is InChI=1S/C26H22N2O4/c1-31-17-9-7-8-16(14-17)24-23(20-12-5-6-13-21(20)27-24)25-18-10-3-4-11-19(18)26(30)28(25)15-22(29)32-2/h3-14,25,27H,15H2,1-2H3/t25-/m0/s1. The van der Waals surface area contributed by atoms with Crippen LogP contribution in [-0.4, -0.2) is 42.5 Å². The molecule has 1 aliphatic heterocycles. The van der Waals surface area contributed by atoms with Gasteiger partial charge in [0.05, 0.1) is 26.0 Å². The molecule has 0 saturated carbocycles. The molecule has 0 spiro atoms. The molecule has 1 aliphatic rings. The van der Waals surface area contributed by atoms with Crippen molar-refractivity contribution in [3.63, 3.8) is 0 Å². The van der Waals surface area contributed by atoms with Gasteiger partial charge in [-0.2, -0.15) is 0 Å². The molecule has 0 bridgehead atoms. The molecule has 160 valence electrons. The minimum Gasteiger partial charge on any atom is -0.497 e. The van der Waals surface area contributed by atoms with E-state index in [4.69, 9.17) is 9.47 Å². The summed E-state index contributed by atoms with van der Waals surface area (Å²) in [6, 6.07) is 22.9. The van der Waals surface area contributed by atoms with E-state index in [2.05, 4.69) is 4.98 Å². The summed E-state index contributed by atoms with van der Waals surface area (Å²) < 4.78 is 10.3. The van der Waals surface area contributed by atoms with Gasteiger partial charge in [0.25, 0.3) is 5.91 Å². The summed E-state index contributed by atoms with van der Waals surface area (Å²) in [5, 5.41) is 0.995. The zero-order chi connectivity index (χ0) is 22.2. The van der Waals surface area contributed by atoms with Crippen LogP contribution in [0.25, 0.3) is 22.2 Å². The number of H-pyrrole nitrogens is 1. The highest BCUT2D eigenvalue weighted by molar-refractivity contribution is 6.03. The van der Waals surface area contributed by atoms with E-state index < -0.39 is 12.0 Å². The first-order valence-corrected chi connectivity index (χ1v) is 10.3. The van der Waals surface area contributed by atoms with Gasteiger partial charge in [0.15, 0.2) is 0 Å². The van der Waals surface area contributed by atoms with Crippen molar-refractivity contribution in [2.24, 2.45) is 0 Å². The third kappa shape index (κ3) is 3.12. The van der Waals surface area contributed by atoms with Gasteiger partial charge < -0.3 is 19.4 Å². The number of nitrogens with zero attached hydrogens (tertiary/aromatic N) is 1. The summed E-state index contributed by atoms with van der Waals surface area (Å²) in [6.45, 7) is -0.133. The minimum atomic E-state index is -0.459. The first-order chi connectivity index (χ1) is 15.6. The van der Waals surface area contributed by atoms with Gasteiger partial charge in [-0.3, -0.25) is 9.59 Å². The van der Waals surface area contributed by atoms with Crippen LogP contribution in [0.4, 0.5) is 0 Å². The van der Waals surface area contributed by atoms with Crippen molar-refractivity contribution in [3.05, 3.63) is 89.5 Å². The Hall–Kier alpha value is -4.06. The molecule has 0 radical (unpaired) electrons. The number of aromatic amines is 1. The summed E-state index contributed by atoms with van der Waals surface area (Å²) in [4.78, 5) is 30.7. The predicted molar refractivity (Wildman–Crippen MR) is 122 cm³/mol. The van der Waals surface area contributed by atoms with Crippen LogP contribution >= 0.6 is 0 Å². The second-order valence-corrected chi connectivity index (χ2v) is 7.69. The fraction of sp³-hybridized carbons (Fsp3) is 0.154. The number of rotatable bonds is 5. The highest BCUT2D eigenvalue weighted by atomic mass is 16.5. The molecular formula is C26H22N2O4. The number of amides is 1. The van der Waals surface area contributed by atoms with Gasteiger partial charge in [0.2, 0.25) is 0 Å². The molecule has 1 aromatic heterocycles. The largest absolute Gasteiger partial charge is 0.497 e. The topological polar surface area (TPSA) is 71.6 Å². The number of methoxy groups -OCH3 is 2. The van der Waals surface area contributed by atoms with Gasteiger partial charge >= 0.3 is 5.97 Å². The lowest BCUT2D eigenvalue weighted by Gasteiger charge is -2.25. The third-order valence-corrected chi connectivity index (χ3v) is 5.96. The Labute approximate surface area is 185 Å². The number of esters is 1. The van der Waals surface area contributed by atoms with Crippen molar-refractivity contribution >= 4 is 22.8 Å². The lowest BCUT2D eigenvalue weighted by atomic mass is 9.93. The SMILES string of the molecule is COC(=O)CN1C(=O)c2ccccc2[C@H]1c1c(-c2cccc(OC)c2)[nH]c2ccccc12. The van der Waals surface area contributed by atoms with Gasteiger partial charge in [-0.05, 0) is 29.8 Å².